The highest BCUT2D eigenvalue weighted by molar-refractivity contribution is 5.74. The molecule has 0 spiro atoms. The first-order chi connectivity index (χ1) is 10.1. The Kier molecular flexibility index (Phi) is 5.81. The van der Waals surface area contributed by atoms with E-state index in [1.165, 1.54) is 0 Å². The van der Waals surface area contributed by atoms with Crippen molar-refractivity contribution in [1.82, 2.24) is 9.80 Å². The number of carboxylic acid groups (broad SMARTS) is 1. The molecule has 0 radical (unpaired) electrons. The maximum Gasteiger partial charge on any atom is 0.320 e. The van der Waals surface area contributed by atoms with Crippen LogP contribution in [0.2, 0.25) is 0 Å². The molecule has 0 saturated carbocycles. The average molecular weight is 299 g/mol. The van der Waals surface area contributed by atoms with Gasteiger partial charge in [0.1, 0.15) is 0 Å². The summed E-state index contributed by atoms with van der Waals surface area (Å²) in [4.78, 5) is 26.6. The molecule has 2 saturated heterocycles. The van der Waals surface area contributed by atoms with Crippen molar-refractivity contribution in [3.63, 3.8) is 0 Å². The van der Waals surface area contributed by atoms with Crippen molar-refractivity contribution < 1.29 is 19.4 Å². The zero-order chi connectivity index (χ0) is 15.2. The van der Waals surface area contributed by atoms with Gasteiger partial charge in [-0.2, -0.15) is 0 Å². The Morgan fingerprint density at radius 1 is 1.14 bits per heavy atom. The Labute approximate surface area is 125 Å². The van der Waals surface area contributed by atoms with Crippen LogP contribution in [0, 0.1) is 5.92 Å². The summed E-state index contributed by atoms with van der Waals surface area (Å²) in [7, 11) is 0. The standard InChI is InChI=1S/C14H25N3O4/c15-9-11-1-5-17(10-11)14(20)16-6-2-12(3-7-16)21-8-4-13(18)19/h11-12H,1-10,15H2,(H,18,19). The lowest BCUT2D eigenvalue weighted by molar-refractivity contribution is -0.138. The summed E-state index contributed by atoms with van der Waals surface area (Å²) < 4.78 is 5.53. The summed E-state index contributed by atoms with van der Waals surface area (Å²) in [6.07, 6.45) is 2.66. The molecule has 0 aromatic rings. The lowest BCUT2D eigenvalue weighted by atomic mass is 10.1. The molecule has 1 atom stereocenters. The Morgan fingerprint density at radius 2 is 1.81 bits per heavy atom. The van der Waals surface area contributed by atoms with Gasteiger partial charge in [-0.1, -0.05) is 0 Å². The summed E-state index contributed by atoms with van der Waals surface area (Å²) in [5.74, 6) is -0.406. The van der Waals surface area contributed by atoms with Gasteiger partial charge in [-0.25, -0.2) is 4.79 Å². The first-order valence-corrected chi connectivity index (χ1v) is 7.67. The number of likely N-dealkylation sites (tertiary alicyclic amines) is 2. The SMILES string of the molecule is NCC1CCN(C(=O)N2CCC(OCCC(=O)O)CC2)C1. The van der Waals surface area contributed by atoms with Gasteiger partial charge >= 0.3 is 12.0 Å². The highest BCUT2D eigenvalue weighted by atomic mass is 16.5. The summed E-state index contributed by atoms with van der Waals surface area (Å²) in [6.45, 7) is 3.82. The van der Waals surface area contributed by atoms with Crippen LogP contribution in [0.25, 0.3) is 0 Å². The number of hydrogen-bond acceptors (Lipinski definition) is 4. The molecule has 0 aromatic heterocycles. The van der Waals surface area contributed by atoms with E-state index in [1.54, 1.807) is 0 Å². The fraction of sp³-hybridized carbons (Fsp3) is 0.857. The maximum absolute atomic E-state index is 12.4. The molecule has 0 bridgehead atoms. The fourth-order valence-corrected chi connectivity index (χ4v) is 2.93. The summed E-state index contributed by atoms with van der Waals surface area (Å²) in [5.41, 5.74) is 5.65. The summed E-state index contributed by atoms with van der Waals surface area (Å²) in [6, 6.07) is 0.106. The van der Waals surface area contributed by atoms with Crippen molar-refractivity contribution >= 4 is 12.0 Å². The topological polar surface area (TPSA) is 96.1 Å². The predicted molar refractivity (Wildman–Crippen MR) is 76.9 cm³/mol. The zero-order valence-electron chi connectivity index (χ0n) is 12.4. The van der Waals surface area contributed by atoms with Crippen LogP contribution in [0.4, 0.5) is 4.79 Å². The average Bonchev–Trinajstić information content (AvgIpc) is 2.96. The van der Waals surface area contributed by atoms with Crippen molar-refractivity contribution in [3.05, 3.63) is 0 Å². The molecule has 3 N–H and O–H groups in total. The number of aliphatic carboxylic acids is 1. The molecule has 1 unspecified atom stereocenters. The van der Waals surface area contributed by atoms with Crippen LogP contribution in [0.1, 0.15) is 25.7 Å². The lowest BCUT2D eigenvalue weighted by Gasteiger charge is -2.34. The molecule has 7 heteroatoms. The van der Waals surface area contributed by atoms with E-state index in [4.69, 9.17) is 15.6 Å². The first-order valence-electron chi connectivity index (χ1n) is 7.67. The van der Waals surface area contributed by atoms with E-state index in [9.17, 15) is 9.59 Å². The number of carboxylic acids is 1. The van der Waals surface area contributed by atoms with E-state index in [0.29, 0.717) is 25.6 Å². The lowest BCUT2D eigenvalue weighted by Crippen LogP contribution is -2.47. The Hall–Kier alpha value is -1.34. The number of hydrogen-bond donors (Lipinski definition) is 2. The van der Waals surface area contributed by atoms with Crippen LogP contribution >= 0.6 is 0 Å². The number of nitrogens with zero attached hydrogens (tertiary/aromatic N) is 2. The van der Waals surface area contributed by atoms with Crippen molar-refractivity contribution in [1.29, 1.82) is 0 Å². The minimum atomic E-state index is -0.842. The Morgan fingerprint density at radius 3 is 2.38 bits per heavy atom. The molecule has 2 amide bonds. The van der Waals surface area contributed by atoms with Gasteiger partial charge in [0.2, 0.25) is 0 Å². The molecular formula is C14H25N3O4. The van der Waals surface area contributed by atoms with E-state index in [0.717, 1.165) is 32.4 Å². The van der Waals surface area contributed by atoms with Gasteiger partial charge in [-0.3, -0.25) is 4.79 Å². The van der Waals surface area contributed by atoms with Crippen LogP contribution in [-0.2, 0) is 9.53 Å². The van der Waals surface area contributed by atoms with Gasteiger partial charge < -0.3 is 25.4 Å². The van der Waals surface area contributed by atoms with Gasteiger partial charge in [-0.05, 0) is 31.7 Å². The third-order valence-electron chi connectivity index (χ3n) is 4.27. The number of ether oxygens (including phenoxy) is 1. The third kappa shape index (κ3) is 4.57. The normalized spacial score (nSPS) is 23.6. The smallest absolute Gasteiger partial charge is 0.320 e. The third-order valence-corrected chi connectivity index (χ3v) is 4.27. The predicted octanol–water partition coefficient (Wildman–Crippen LogP) is 0.343. The minimum absolute atomic E-state index is 0.0351. The Bertz CT molecular complexity index is 369. The van der Waals surface area contributed by atoms with Gasteiger partial charge in [-0.15, -0.1) is 0 Å². The van der Waals surface area contributed by atoms with Crippen LogP contribution in [-0.4, -0.2) is 72.3 Å². The minimum Gasteiger partial charge on any atom is -0.481 e. The Balaban J connectivity index is 1.68. The summed E-state index contributed by atoms with van der Waals surface area (Å²) >= 11 is 0. The summed E-state index contributed by atoms with van der Waals surface area (Å²) in [5, 5.41) is 8.57. The van der Waals surface area contributed by atoms with E-state index in [2.05, 4.69) is 0 Å². The van der Waals surface area contributed by atoms with Crippen molar-refractivity contribution in [2.24, 2.45) is 11.7 Å². The number of carbonyl (C=O) groups is 2. The van der Waals surface area contributed by atoms with Crippen molar-refractivity contribution in [2.75, 3.05) is 39.3 Å². The van der Waals surface area contributed by atoms with Crippen molar-refractivity contribution in [2.45, 2.75) is 31.8 Å². The molecular weight excluding hydrogens is 274 g/mol. The molecule has 7 nitrogen and oxygen atoms in total. The second-order valence-electron chi connectivity index (χ2n) is 5.82. The van der Waals surface area contributed by atoms with Crippen LogP contribution in [0.5, 0.6) is 0 Å². The zero-order valence-corrected chi connectivity index (χ0v) is 12.4. The van der Waals surface area contributed by atoms with E-state index in [-0.39, 0.29) is 25.2 Å². The van der Waals surface area contributed by atoms with E-state index >= 15 is 0 Å². The molecule has 21 heavy (non-hydrogen) atoms. The molecule has 2 aliphatic rings. The number of urea groups is 1. The number of rotatable bonds is 5. The second-order valence-corrected chi connectivity index (χ2v) is 5.82. The van der Waals surface area contributed by atoms with Crippen molar-refractivity contribution in [3.8, 4) is 0 Å². The first kappa shape index (κ1) is 16.0. The molecule has 2 aliphatic heterocycles. The van der Waals surface area contributed by atoms with Gasteiger partial charge in [0.15, 0.2) is 0 Å². The molecule has 0 aromatic carbocycles. The van der Waals surface area contributed by atoms with Gasteiger partial charge in [0.25, 0.3) is 0 Å². The number of nitrogens with two attached hydrogens (primary N) is 1. The molecule has 2 rings (SSSR count). The largest absolute Gasteiger partial charge is 0.481 e. The van der Waals surface area contributed by atoms with Gasteiger partial charge in [0.05, 0.1) is 19.1 Å². The second kappa shape index (κ2) is 7.61. The van der Waals surface area contributed by atoms with Crippen LogP contribution in [0.15, 0.2) is 0 Å². The fourth-order valence-electron chi connectivity index (χ4n) is 2.93. The van der Waals surface area contributed by atoms with Crippen LogP contribution < -0.4 is 5.73 Å². The highest BCUT2D eigenvalue weighted by Crippen LogP contribution is 2.20. The van der Waals surface area contributed by atoms with Crippen LogP contribution in [0.3, 0.4) is 0 Å². The molecule has 2 heterocycles. The number of piperidine rings is 1. The molecule has 2 fully saturated rings. The quantitative estimate of drug-likeness (QED) is 0.763. The number of carbonyl (C=O) groups excluding carboxylic acids is 1. The molecule has 0 aliphatic carbocycles. The van der Waals surface area contributed by atoms with Gasteiger partial charge in [0, 0.05) is 26.2 Å². The number of amides is 2. The van der Waals surface area contributed by atoms with E-state index < -0.39 is 5.97 Å². The highest BCUT2D eigenvalue weighted by Gasteiger charge is 2.30. The monoisotopic (exact) mass is 299 g/mol. The maximum atomic E-state index is 12.4. The van der Waals surface area contributed by atoms with E-state index in [1.807, 2.05) is 9.80 Å². The molecule has 120 valence electrons.